The minimum absolute atomic E-state index is 0. The first-order chi connectivity index (χ1) is 9.61. The highest BCUT2D eigenvalue weighted by molar-refractivity contribution is 6.30. The van der Waals surface area contributed by atoms with Crippen LogP contribution in [0.2, 0.25) is 5.02 Å². The zero-order valence-electron chi connectivity index (χ0n) is 12.4. The van der Waals surface area contributed by atoms with Crippen molar-refractivity contribution in [1.29, 1.82) is 0 Å². The molecule has 1 amide bonds. The zero-order valence-corrected chi connectivity index (χ0v) is 14.0. The van der Waals surface area contributed by atoms with Crippen LogP contribution in [0.15, 0.2) is 18.2 Å². The predicted octanol–water partition coefficient (Wildman–Crippen LogP) is 2.66. The first-order valence-corrected chi connectivity index (χ1v) is 7.32. The fourth-order valence-electron chi connectivity index (χ4n) is 2.61. The SMILES string of the molecule is CNCC1CCCN1C(=O)COc1ccc(Cl)cc1C.Cl. The molecule has 1 fully saturated rings. The molecule has 1 saturated heterocycles. The average molecular weight is 333 g/mol. The lowest BCUT2D eigenvalue weighted by Gasteiger charge is -2.24. The van der Waals surface area contributed by atoms with Crippen LogP contribution >= 0.6 is 24.0 Å². The molecule has 1 aliphatic heterocycles. The second kappa shape index (κ2) is 8.47. The number of likely N-dealkylation sites (tertiary alicyclic amines) is 1. The summed E-state index contributed by atoms with van der Waals surface area (Å²) in [5.41, 5.74) is 0.943. The number of amides is 1. The second-order valence-electron chi connectivity index (χ2n) is 5.14. The molecule has 0 spiro atoms. The fourth-order valence-corrected chi connectivity index (χ4v) is 2.84. The largest absolute Gasteiger partial charge is 0.483 e. The van der Waals surface area contributed by atoms with E-state index in [1.165, 1.54) is 0 Å². The number of aryl methyl sites for hydroxylation is 1. The summed E-state index contributed by atoms with van der Waals surface area (Å²) in [6.45, 7) is 3.67. The molecule has 1 aliphatic rings. The maximum atomic E-state index is 12.2. The van der Waals surface area contributed by atoms with Crippen molar-refractivity contribution >= 4 is 29.9 Å². The Balaban J connectivity index is 0.00000220. The predicted molar refractivity (Wildman–Crippen MR) is 87.6 cm³/mol. The maximum absolute atomic E-state index is 12.2. The molecular formula is C15H22Cl2N2O2. The molecular weight excluding hydrogens is 311 g/mol. The van der Waals surface area contributed by atoms with Gasteiger partial charge in [0.15, 0.2) is 6.61 Å². The minimum atomic E-state index is 0. The number of hydrogen-bond acceptors (Lipinski definition) is 3. The summed E-state index contributed by atoms with van der Waals surface area (Å²) in [4.78, 5) is 14.1. The van der Waals surface area contributed by atoms with Gasteiger partial charge in [0.1, 0.15) is 5.75 Å². The lowest BCUT2D eigenvalue weighted by atomic mass is 10.2. The number of carbonyl (C=O) groups is 1. The van der Waals surface area contributed by atoms with Crippen molar-refractivity contribution in [3.8, 4) is 5.75 Å². The lowest BCUT2D eigenvalue weighted by Crippen LogP contribution is -2.43. The summed E-state index contributed by atoms with van der Waals surface area (Å²) < 4.78 is 5.62. The fraction of sp³-hybridized carbons (Fsp3) is 0.533. The van der Waals surface area contributed by atoms with Crippen molar-refractivity contribution in [2.75, 3.05) is 26.7 Å². The van der Waals surface area contributed by atoms with Gasteiger partial charge in [0.2, 0.25) is 0 Å². The van der Waals surface area contributed by atoms with Crippen molar-refractivity contribution in [2.45, 2.75) is 25.8 Å². The standard InChI is InChI=1S/C15H21ClN2O2.ClH/c1-11-8-12(16)5-6-14(11)20-10-15(19)18-7-3-4-13(18)9-17-2;/h5-6,8,13,17H,3-4,7,9-10H2,1-2H3;1H. The van der Waals surface area contributed by atoms with Gasteiger partial charge in [-0.05, 0) is 50.6 Å². The Kier molecular flexibility index (Phi) is 7.29. The Morgan fingerprint density at radius 2 is 2.29 bits per heavy atom. The van der Waals surface area contributed by atoms with E-state index in [4.69, 9.17) is 16.3 Å². The van der Waals surface area contributed by atoms with Crippen molar-refractivity contribution < 1.29 is 9.53 Å². The molecule has 1 aromatic carbocycles. The number of likely N-dealkylation sites (N-methyl/N-ethyl adjacent to an activating group) is 1. The molecule has 2 rings (SSSR count). The van der Waals surface area contributed by atoms with Gasteiger partial charge in [0, 0.05) is 24.2 Å². The Morgan fingerprint density at radius 1 is 1.52 bits per heavy atom. The smallest absolute Gasteiger partial charge is 0.260 e. The lowest BCUT2D eigenvalue weighted by molar-refractivity contribution is -0.134. The van der Waals surface area contributed by atoms with E-state index >= 15 is 0 Å². The van der Waals surface area contributed by atoms with Gasteiger partial charge < -0.3 is 15.0 Å². The van der Waals surface area contributed by atoms with E-state index in [0.29, 0.717) is 16.8 Å². The van der Waals surface area contributed by atoms with Gasteiger partial charge in [0.05, 0.1) is 0 Å². The molecule has 1 N–H and O–H groups in total. The van der Waals surface area contributed by atoms with Gasteiger partial charge in [-0.1, -0.05) is 11.6 Å². The Labute approximate surface area is 137 Å². The number of rotatable bonds is 5. The third-order valence-electron chi connectivity index (χ3n) is 3.63. The van der Waals surface area contributed by atoms with E-state index in [2.05, 4.69) is 5.32 Å². The van der Waals surface area contributed by atoms with Gasteiger partial charge in [-0.15, -0.1) is 12.4 Å². The number of benzene rings is 1. The van der Waals surface area contributed by atoms with Crippen LogP contribution in [0.1, 0.15) is 18.4 Å². The molecule has 1 atom stereocenters. The topological polar surface area (TPSA) is 41.6 Å². The number of carbonyl (C=O) groups excluding carboxylic acids is 1. The van der Waals surface area contributed by atoms with E-state index in [0.717, 1.165) is 31.5 Å². The van der Waals surface area contributed by atoms with Crippen LogP contribution in [0, 0.1) is 6.92 Å². The van der Waals surface area contributed by atoms with E-state index in [9.17, 15) is 4.79 Å². The van der Waals surface area contributed by atoms with Gasteiger partial charge in [-0.3, -0.25) is 4.79 Å². The minimum Gasteiger partial charge on any atom is -0.483 e. The molecule has 0 aliphatic carbocycles. The first kappa shape index (κ1) is 18.1. The van der Waals surface area contributed by atoms with Crippen molar-refractivity contribution in [2.24, 2.45) is 0 Å². The molecule has 1 aromatic rings. The highest BCUT2D eigenvalue weighted by atomic mass is 35.5. The molecule has 21 heavy (non-hydrogen) atoms. The molecule has 1 unspecified atom stereocenters. The number of halogens is 2. The summed E-state index contributed by atoms with van der Waals surface area (Å²) in [6, 6.07) is 5.71. The molecule has 0 radical (unpaired) electrons. The van der Waals surface area contributed by atoms with Crippen molar-refractivity contribution in [1.82, 2.24) is 10.2 Å². The van der Waals surface area contributed by atoms with Crippen LogP contribution < -0.4 is 10.1 Å². The third kappa shape index (κ3) is 4.77. The molecule has 1 heterocycles. The van der Waals surface area contributed by atoms with Crippen LogP contribution in [0.25, 0.3) is 0 Å². The van der Waals surface area contributed by atoms with Crippen molar-refractivity contribution in [3.05, 3.63) is 28.8 Å². The van der Waals surface area contributed by atoms with E-state index in [1.807, 2.05) is 24.9 Å². The Hall–Kier alpha value is -0.970. The van der Waals surface area contributed by atoms with Crippen LogP contribution in [0.4, 0.5) is 0 Å². The number of nitrogens with zero attached hydrogens (tertiary/aromatic N) is 1. The van der Waals surface area contributed by atoms with Gasteiger partial charge >= 0.3 is 0 Å². The molecule has 0 bridgehead atoms. The summed E-state index contributed by atoms with van der Waals surface area (Å²) in [6.07, 6.45) is 2.13. The average Bonchev–Trinajstić information content (AvgIpc) is 2.86. The van der Waals surface area contributed by atoms with E-state index in [1.54, 1.807) is 12.1 Å². The van der Waals surface area contributed by atoms with Crippen LogP contribution in [0.5, 0.6) is 5.75 Å². The van der Waals surface area contributed by atoms with Gasteiger partial charge in [0.25, 0.3) is 5.91 Å². The summed E-state index contributed by atoms with van der Waals surface area (Å²) in [5, 5.41) is 3.81. The van der Waals surface area contributed by atoms with E-state index in [-0.39, 0.29) is 24.9 Å². The molecule has 0 aromatic heterocycles. The number of nitrogens with one attached hydrogen (secondary N) is 1. The Morgan fingerprint density at radius 3 is 2.95 bits per heavy atom. The van der Waals surface area contributed by atoms with Crippen molar-refractivity contribution in [3.63, 3.8) is 0 Å². The zero-order chi connectivity index (χ0) is 14.5. The maximum Gasteiger partial charge on any atom is 0.260 e. The third-order valence-corrected chi connectivity index (χ3v) is 3.86. The Bertz CT molecular complexity index is 483. The number of hydrogen-bond donors (Lipinski definition) is 1. The molecule has 0 saturated carbocycles. The van der Waals surface area contributed by atoms with Crippen LogP contribution in [-0.2, 0) is 4.79 Å². The van der Waals surface area contributed by atoms with Crippen LogP contribution in [-0.4, -0.2) is 43.6 Å². The normalized spacial score (nSPS) is 17.5. The second-order valence-corrected chi connectivity index (χ2v) is 5.58. The summed E-state index contributed by atoms with van der Waals surface area (Å²) in [5.74, 6) is 0.768. The van der Waals surface area contributed by atoms with Gasteiger partial charge in [-0.25, -0.2) is 0 Å². The summed E-state index contributed by atoms with van der Waals surface area (Å²) in [7, 11) is 1.91. The molecule has 4 nitrogen and oxygen atoms in total. The highest BCUT2D eigenvalue weighted by Gasteiger charge is 2.28. The quantitative estimate of drug-likeness (QED) is 0.901. The van der Waals surface area contributed by atoms with E-state index < -0.39 is 0 Å². The highest BCUT2D eigenvalue weighted by Crippen LogP contribution is 2.22. The van der Waals surface area contributed by atoms with Crippen LogP contribution in [0.3, 0.4) is 0 Å². The summed E-state index contributed by atoms with van der Waals surface area (Å²) >= 11 is 5.90. The van der Waals surface area contributed by atoms with Gasteiger partial charge in [-0.2, -0.15) is 0 Å². The monoisotopic (exact) mass is 332 g/mol. The number of ether oxygens (including phenoxy) is 1. The first-order valence-electron chi connectivity index (χ1n) is 6.95. The molecule has 118 valence electrons. The molecule has 6 heteroatoms.